The van der Waals surface area contributed by atoms with Gasteiger partial charge < -0.3 is 18.9 Å². The fraction of sp³-hybridized carbons (Fsp3) is 0.474. The molecule has 1 aromatic heterocycles. The van der Waals surface area contributed by atoms with E-state index < -0.39 is 11.9 Å². The van der Waals surface area contributed by atoms with Crippen LogP contribution in [0.4, 0.5) is 5.69 Å². The van der Waals surface area contributed by atoms with E-state index >= 15 is 0 Å². The molecule has 1 aliphatic rings. The molecule has 1 unspecified atom stereocenters. The molecule has 3 rings (SSSR count). The van der Waals surface area contributed by atoms with Crippen molar-refractivity contribution in [2.75, 3.05) is 18.6 Å². The molecule has 8 heteroatoms. The normalized spacial score (nSPS) is 16.8. The van der Waals surface area contributed by atoms with Crippen molar-refractivity contribution in [3.05, 3.63) is 36.0 Å². The van der Waals surface area contributed by atoms with Crippen LogP contribution in [0.3, 0.4) is 0 Å². The lowest BCUT2D eigenvalue weighted by atomic mass is 10.1. The SMILES string of the molecule is COc1cccc(N2CC(C(=O)OCc3nc(CC(C)C)no3)CC2=O)c1. The molecule has 0 bridgehead atoms. The lowest BCUT2D eigenvalue weighted by Gasteiger charge is -2.17. The summed E-state index contributed by atoms with van der Waals surface area (Å²) in [6.45, 7) is 4.30. The number of methoxy groups -OCH3 is 1. The first kappa shape index (κ1) is 18.9. The lowest BCUT2D eigenvalue weighted by Crippen LogP contribution is -2.26. The van der Waals surface area contributed by atoms with E-state index in [4.69, 9.17) is 14.0 Å². The first-order chi connectivity index (χ1) is 13.0. The predicted octanol–water partition coefficient (Wildman–Crippen LogP) is 2.37. The number of amides is 1. The highest BCUT2D eigenvalue weighted by Crippen LogP contribution is 2.28. The van der Waals surface area contributed by atoms with E-state index in [0.717, 1.165) is 0 Å². The van der Waals surface area contributed by atoms with Gasteiger partial charge in [-0.05, 0) is 18.1 Å². The highest BCUT2D eigenvalue weighted by molar-refractivity contribution is 5.99. The van der Waals surface area contributed by atoms with E-state index in [1.807, 2.05) is 6.07 Å². The van der Waals surface area contributed by atoms with Gasteiger partial charge in [-0.25, -0.2) is 0 Å². The van der Waals surface area contributed by atoms with Crippen LogP contribution in [0.25, 0.3) is 0 Å². The minimum atomic E-state index is -0.526. The number of nitrogens with zero attached hydrogens (tertiary/aromatic N) is 3. The van der Waals surface area contributed by atoms with Gasteiger partial charge in [0.15, 0.2) is 12.4 Å². The van der Waals surface area contributed by atoms with Crippen molar-refractivity contribution in [1.29, 1.82) is 0 Å². The van der Waals surface area contributed by atoms with E-state index in [0.29, 0.717) is 29.6 Å². The smallest absolute Gasteiger partial charge is 0.311 e. The number of esters is 1. The number of hydrogen-bond acceptors (Lipinski definition) is 7. The quantitative estimate of drug-likeness (QED) is 0.688. The van der Waals surface area contributed by atoms with Gasteiger partial charge in [-0.3, -0.25) is 9.59 Å². The van der Waals surface area contributed by atoms with Crippen LogP contribution in [0.1, 0.15) is 32.0 Å². The summed E-state index contributed by atoms with van der Waals surface area (Å²) in [6.07, 6.45) is 0.808. The van der Waals surface area contributed by atoms with Gasteiger partial charge in [-0.1, -0.05) is 25.1 Å². The van der Waals surface area contributed by atoms with E-state index in [2.05, 4.69) is 24.0 Å². The molecule has 27 heavy (non-hydrogen) atoms. The number of benzene rings is 1. The summed E-state index contributed by atoms with van der Waals surface area (Å²) in [4.78, 5) is 30.4. The van der Waals surface area contributed by atoms with Gasteiger partial charge >= 0.3 is 5.97 Å². The van der Waals surface area contributed by atoms with Crippen molar-refractivity contribution in [2.45, 2.75) is 33.3 Å². The third kappa shape index (κ3) is 4.64. The Kier molecular flexibility index (Phi) is 5.73. The highest BCUT2D eigenvalue weighted by atomic mass is 16.6. The maximum atomic E-state index is 12.3. The number of carbonyl (C=O) groups is 2. The average Bonchev–Trinajstić information content (AvgIpc) is 3.25. The Balaban J connectivity index is 1.56. The minimum Gasteiger partial charge on any atom is -0.497 e. The predicted molar refractivity (Wildman–Crippen MR) is 96.1 cm³/mol. The maximum absolute atomic E-state index is 12.3. The van der Waals surface area contributed by atoms with E-state index in [1.54, 1.807) is 30.2 Å². The Morgan fingerprint density at radius 2 is 2.22 bits per heavy atom. The Hall–Kier alpha value is -2.90. The van der Waals surface area contributed by atoms with Gasteiger partial charge in [-0.15, -0.1) is 0 Å². The molecule has 0 spiro atoms. The Morgan fingerprint density at radius 1 is 1.41 bits per heavy atom. The van der Waals surface area contributed by atoms with Gasteiger partial charge in [0.25, 0.3) is 5.89 Å². The summed E-state index contributed by atoms with van der Waals surface area (Å²) in [5.41, 5.74) is 0.699. The Morgan fingerprint density at radius 3 is 2.96 bits per heavy atom. The van der Waals surface area contributed by atoms with Crippen LogP contribution in [-0.2, 0) is 27.4 Å². The topological polar surface area (TPSA) is 94.8 Å². The Bertz CT molecular complexity index is 817. The zero-order chi connectivity index (χ0) is 19.4. The number of aromatic nitrogens is 2. The van der Waals surface area contributed by atoms with Crippen molar-refractivity contribution < 1.29 is 23.6 Å². The molecule has 1 aliphatic heterocycles. The van der Waals surface area contributed by atoms with Gasteiger partial charge in [0, 0.05) is 31.1 Å². The van der Waals surface area contributed by atoms with Crippen LogP contribution in [0.2, 0.25) is 0 Å². The maximum Gasteiger partial charge on any atom is 0.311 e. The number of ether oxygens (including phenoxy) is 2. The summed E-state index contributed by atoms with van der Waals surface area (Å²) in [5.74, 6) is 0.815. The first-order valence-electron chi connectivity index (χ1n) is 8.88. The third-order valence-electron chi connectivity index (χ3n) is 4.26. The number of carbonyl (C=O) groups excluding carboxylic acids is 2. The van der Waals surface area contributed by atoms with Crippen LogP contribution in [0.5, 0.6) is 5.75 Å². The molecule has 0 radical (unpaired) electrons. The molecular weight excluding hydrogens is 350 g/mol. The van der Waals surface area contributed by atoms with Crippen molar-refractivity contribution in [2.24, 2.45) is 11.8 Å². The van der Waals surface area contributed by atoms with Crippen LogP contribution in [0, 0.1) is 11.8 Å². The molecule has 1 aromatic carbocycles. The standard InChI is InChI=1S/C19H23N3O5/c1-12(2)7-16-20-17(27-21-16)11-26-19(24)13-8-18(23)22(10-13)14-5-4-6-15(9-14)25-3/h4-6,9,12-13H,7-8,10-11H2,1-3H3. The number of rotatable bonds is 7. The molecule has 0 N–H and O–H groups in total. The fourth-order valence-electron chi connectivity index (χ4n) is 2.94. The monoisotopic (exact) mass is 373 g/mol. The largest absolute Gasteiger partial charge is 0.497 e. The van der Waals surface area contributed by atoms with E-state index in [9.17, 15) is 9.59 Å². The lowest BCUT2D eigenvalue weighted by molar-refractivity contribution is -0.150. The summed E-state index contributed by atoms with van der Waals surface area (Å²) in [7, 11) is 1.56. The summed E-state index contributed by atoms with van der Waals surface area (Å²) in [5, 5.41) is 3.86. The molecule has 1 atom stereocenters. The summed E-state index contributed by atoms with van der Waals surface area (Å²) < 4.78 is 15.5. The molecule has 144 valence electrons. The zero-order valence-electron chi connectivity index (χ0n) is 15.7. The molecule has 1 amide bonds. The molecule has 0 saturated carbocycles. The van der Waals surface area contributed by atoms with Gasteiger partial charge in [0.05, 0.1) is 13.0 Å². The van der Waals surface area contributed by atoms with Crippen molar-refractivity contribution in [3.8, 4) is 5.75 Å². The van der Waals surface area contributed by atoms with Crippen molar-refractivity contribution >= 4 is 17.6 Å². The number of hydrogen-bond donors (Lipinski definition) is 0. The Labute approximate surface area is 157 Å². The van der Waals surface area contributed by atoms with Gasteiger partial charge in [0.1, 0.15) is 5.75 Å². The van der Waals surface area contributed by atoms with Crippen molar-refractivity contribution in [3.63, 3.8) is 0 Å². The highest BCUT2D eigenvalue weighted by Gasteiger charge is 2.36. The van der Waals surface area contributed by atoms with Gasteiger partial charge in [0.2, 0.25) is 5.91 Å². The zero-order valence-corrected chi connectivity index (χ0v) is 15.7. The second-order valence-electron chi connectivity index (χ2n) is 6.92. The number of anilines is 1. The molecule has 0 aliphatic carbocycles. The molecule has 8 nitrogen and oxygen atoms in total. The molecule has 2 aromatic rings. The fourth-order valence-corrected chi connectivity index (χ4v) is 2.94. The van der Waals surface area contributed by atoms with E-state index in [-0.39, 0.29) is 31.4 Å². The average molecular weight is 373 g/mol. The minimum absolute atomic E-state index is 0.0895. The van der Waals surface area contributed by atoms with Crippen LogP contribution < -0.4 is 9.64 Å². The first-order valence-corrected chi connectivity index (χ1v) is 8.88. The van der Waals surface area contributed by atoms with Crippen molar-refractivity contribution in [1.82, 2.24) is 10.1 Å². The summed E-state index contributed by atoms with van der Waals surface area (Å²) >= 11 is 0. The third-order valence-corrected chi connectivity index (χ3v) is 4.26. The van der Waals surface area contributed by atoms with Crippen LogP contribution in [-0.4, -0.2) is 35.7 Å². The molecule has 2 heterocycles. The van der Waals surface area contributed by atoms with Crippen LogP contribution >= 0.6 is 0 Å². The second kappa shape index (κ2) is 8.20. The molecule has 1 fully saturated rings. The van der Waals surface area contributed by atoms with Gasteiger partial charge in [-0.2, -0.15) is 4.98 Å². The summed E-state index contributed by atoms with van der Waals surface area (Å²) in [6, 6.07) is 7.17. The second-order valence-corrected chi connectivity index (χ2v) is 6.92. The molecular formula is C19H23N3O5. The van der Waals surface area contributed by atoms with Crippen LogP contribution in [0.15, 0.2) is 28.8 Å². The van der Waals surface area contributed by atoms with E-state index in [1.165, 1.54) is 0 Å². The molecule has 1 saturated heterocycles.